The molecule has 0 N–H and O–H groups in total. The van der Waals surface area contributed by atoms with Crippen molar-refractivity contribution >= 4 is 41.3 Å². The van der Waals surface area contributed by atoms with Gasteiger partial charge in [-0.05, 0) is 24.3 Å². The Morgan fingerprint density at radius 3 is 1.81 bits per heavy atom. The van der Waals surface area contributed by atoms with Crippen LogP contribution < -0.4 is 0 Å². The molecule has 2 aromatic heterocycles. The molecule has 0 aromatic carbocycles. The van der Waals surface area contributed by atoms with Crippen molar-refractivity contribution in [2.45, 2.75) is 12.4 Å². The second-order valence-electron chi connectivity index (χ2n) is 4.97. The van der Waals surface area contributed by atoms with Gasteiger partial charge in [0, 0.05) is 0 Å². The van der Waals surface area contributed by atoms with Gasteiger partial charge < -0.3 is 17.6 Å². The van der Waals surface area contributed by atoms with Crippen molar-refractivity contribution in [3.63, 3.8) is 0 Å². The largest absolute Gasteiger partial charge is 0.995 e. The van der Waals surface area contributed by atoms with Gasteiger partial charge in [0.1, 0.15) is 20.4 Å². The van der Waals surface area contributed by atoms with E-state index in [9.17, 15) is 35.0 Å². The van der Waals surface area contributed by atoms with Gasteiger partial charge >= 0.3 is 25.2 Å². The topological polar surface area (TPSA) is 20.5 Å². The first-order valence-corrected chi connectivity index (χ1v) is 8.30. The maximum atomic E-state index is 13.7. The molecule has 0 unspecified atom stereocenters. The van der Waals surface area contributed by atoms with E-state index in [0.717, 1.165) is 18.2 Å². The van der Waals surface area contributed by atoms with Gasteiger partial charge in [0.15, 0.2) is 0 Å². The summed E-state index contributed by atoms with van der Waals surface area (Å²) in [5.74, 6) is -1.22. The number of allylic oxidation sites excluding steroid dienone is 1. The normalized spacial score (nSPS) is 17.5. The van der Waals surface area contributed by atoms with Crippen LogP contribution in [0.2, 0.25) is 0 Å². The zero-order chi connectivity index (χ0) is 19.3. The molecule has 0 bridgehead atoms. The van der Waals surface area contributed by atoms with Crippen LogP contribution in [0.1, 0.15) is 23.9 Å². The highest BCUT2D eigenvalue weighted by atomic mass is 32.1. The van der Waals surface area contributed by atoms with Crippen LogP contribution in [0, 0.1) is 0 Å². The Morgan fingerprint density at radius 2 is 1.31 bits per heavy atom. The van der Waals surface area contributed by atoms with Gasteiger partial charge in [-0.1, -0.05) is 0 Å². The summed E-state index contributed by atoms with van der Waals surface area (Å²) < 4.78 is 112. The molecule has 0 fully saturated rings. The minimum Gasteiger partial charge on any atom is -0.568 e. The molecule has 1 aliphatic rings. The van der Waals surface area contributed by atoms with Crippen LogP contribution in [0.25, 0.3) is 5.76 Å². The average molecular weight is 420 g/mol. The van der Waals surface area contributed by atoms with E-state index in [1.165, 1.54) is 0 Å². The Kier molecular flexibility index (Phi) is 4.42. The van der Waals surface area contributed by atoms with Crippen LogP contribution in [0.3, 0.4) is 0 Å². The number of carbonyl (C=O) groups excluding carboxylic acids is 1. The van der Waals surface area contributed by atoms with Crippen molar-refractivity contribution in [3.05, 3.63) is 49.9 Å². The lowest BCUT2D eigenvalue weighted by molar-refractivity contribution is -0.183. The predicted octanol–water partition coefficient (Wildman–Crippen LogP) is 6.01. The summed E-state index contributed by atoms with van der Waals surface area (Å²) in [5.41, 5.74) is 0. The fourth-order valence-corrected chi connectivity index (χ4v) is 3.68. The standard InChI is InChI=1S/C13H5BF8O2S2/c15-12(16,17)10-3-1-8(25-10)6-5-7(24-14(21,22)23-6)9-2-4-11(26-9)13(18,19)20/h1-5H. The molecule has 3 rings (SSSR count). The summed E-state index contributed by atoms with van der Waals surface area (Å²) in [4.78, 5) is -2.58. The molecule has 0 atom stereocenters. The summed E-state index contributed by atoms with van der Waals surface area (Å²) >= 11 is 0.333. The number of hydrogen-bond acceptors (Lipinski definition) is 3. The van der Waals surface area contributed by atoms with E-state index in [0.29, 0.717) is 12.1 Å². The number of halogens is 8. The molecule has 26 heavy (non-hydrogen) atoms. The number of alkyl halides is 6. The van der Waals surface area contributed by atoms with E-state index in [2.05, 4.69) is 9.00 Å². The predicted molar refractivity (Wildman–Crippen MR) is 80.0 cm³/mol. The molecule has 3 heterocycles. The van der Waals surface area contributed by atoms with Gasteiger partial charge in [-0.3, -0.25) is 0 Å². The second-order valence-corrected chi connectivity index (χ2v) is 7.13. The number of thiophene rings is 2. The van der Waals surface area contributed by atoms with Crippen LogP contribution in [0.15, 0.2) is 30.3 Å². The Labute approximate surface area is 148 Å². The van der Waals surface area contributed by atoms with Gasteiger partial charge in [0.2, 0.25) is 0 Å². The van der Waals surface area contributed by atoms with Gasteiger partial charge in [-0.25, -0.2) is 0 Å². The third-order valence-electron chi connectivity index (χ3n) is 3.05. The maximum Gasteiger partial charge on any atom is 0.995 e. The first-order chi connectivity index (χ1) is 11.9. The van der Waals surface area contributed by atoms with Crippen molar-refractivity contribution < 1.29 is 44.0 Å². The average Bonchev–Trinajstić information content (AvgIpc) is 3.14. The van der Waals surface area contributed by atoms with E-state index in [1.54, 1.807) is 0 Å². The smallest absolute Gasteiger partial charge is 0.568 e. The highest BCUT2D eigenvalue weighted by Crippen LogP contribution is 2.40. The van der Waals surface area contributed by atoms with E-state index in [4.69, 9.17) is 0 Å². The van der Waals surface area contributed by atoms with E-state index < -0.39 is 40.8 Å². The third kappa shape index (κ3) is 3.93. The molecule has 0 saturated carbocycles. The molecular weight excluding hydrogens is 415 g/mol. The SMILES string of the molecule is F[B-]1(F)OC(c2ccc(C(F)(F)F)s2)=CC(c2ccc(C(F)(F)F)s2)=[O+]1. The monoisotopic (exact) mass is 420 g/mol. The number of ketones is 1. The van der Waals surface area contributed by atoms with Crippen molar-refractivity contribution in [2.24, 2.45) is 0 Å². The Morgan fingerprint density at radius 1 is 0.808 bits per heavy atom. The highest BCUT2D eigenvalue weighted by Gasteiger charge is 2.53. The minimum atomic E-state index is -4.95. The number of rotatable bonds is 2. The third-order valence-corrected chi connectivity index (χ3v) is 5.34. The summed E-state index contributed by atoms with van der Waals surface area (Å²) in [6, 6.07) is 3.25. The molecule has 140 valence electrons. The lowest BCUT2D eigenvalue weighted by atomic mass is 10.1. The highest BCUT2D eigenvalue weighted by molar-refractivity contribution is 7.14. The van der Waals surface area contributed by atoms with Crippen molar-refractivity contribution in [1.82, 2.24) is 0 Å². The van der Waals surface area contributed by atoms with Crippen molar-refractivity contribution in [1.29, 1.82) is 0 Å². The van der Waals surface area contributed by atoms with Crippen LogP contribution in [0.5, 0.6) is 0 Å². The van der Waals surface area contributed by atoms with E-state index in [1.807, 2.05) is 0 Å². The van der Waals surface area contributed by atoms with Crippen molar-refractivity contribution in [3.8, 4) is 0 Å². The van der Waals surface area contributed by atoms with Crippen LogP contribution in [-0.2, 0) is 17.0 Å². The Hall–Kier alpha value is -1.89. The van der Waals surface area contributed by atoms with E-state index in [-0.39, 0.29) is 32.4 Å². The summed E-state index contributed by atoms with van der Waals surface area (Å²) in [6.07, 6.45) is -8.48. The lowest BCUT2D eigenvalue weighted by Gasteiger charge is -2.18. The zero-order valence-corrected chi connectivity index (χ0v) is 13.8. The van der Waals surface area contributed by atoms with Gasteiger partial charge in [-0.15, -0.1) is 22.7 Å². The molecule has 1 aliphatic heterocycles. The van der Waals surface area contributed by atoms with Crippen molar-refractivity contribution in [2.75, 3.05) is 0 Å². The molecule has 0 saturated heterocycles. The summed E-state index contributed by atoms with van der Waals surface area (Å²) in [6.45, 7) is 0. The van der Waals surface area contributed by atoms with E-state index >= 15 is 0 Å². The maximum absolute atomic E-state index is 13.7. The van der Waals surface area contributed by atoms with Gasteiger partial charge in [0.05, 0.1) is 11.0 Å². The molecule has 2 nitrogen and oxygen atoms in total. The van der Waals surface area contributed by atoms with Crippen LogP contribution in [0.4, 0.5) is 35.0 Å². The Balaban J connectivity index is 1.99. The van der Waals surface area contributed by atoms with Gasteiger partial charge in [0.25, 0.3) is 0 Å². The molecule has 0 radical (unpaired) electrons. The minimum absolute atomic E-state index is 0.167. The molecule has 2 aromatic rings. The second kappa shape index (κ2) is 6.08. The first-order valence-electron chi connectivity index (χ1n) is 6.67. The molecule has 0 spiro atoms. The van der Waals surface area contributed by atoms with Gasteiger partial charge in [-0.2, -0.15) is 26.3 Å². The molecular formula is C13H5BF8O2S2. The molecule has 0 aliphatic carbocycles. The number of hydrogen-bond donors (Lipinski definition) is 0. The fourth-order valence-electron chi connectivity index (χ4n) is 2.01. The summed E-state index contributed by atoms with van der Waals surface area (Å²) in [5, 5.41) is 0. The van der Waals surface area contributed by atoms with Crippen LogP contribution >= 0.6 is 22.7 Å². The quantitative estimate of drug-likeness (QED) is 0.331. The van der Waals surface area contributed by atoms with Crippen LogP contribution in [-0.4, -0.2) is 12.9 Å². The summed E-state index contributed by atoms with van der Waals surface area (Å²) in [7, 11) is -4.95. The molecule has 0 amide bonds. The lowest BCUT2D eigenvalue weighted by Crippen LogP contribution is -2.30. The fraction of sp³-hybridized carbons (Fsp3) is 0.154. The zero-order valence-electron chi connectivity index (χ0n) is 12.1. The Bertz CT molecular complexity index is 891. The first kappa shape index (κ1) is 18.9. The molecule has 13 heteroatoms.